The molecule has 0 saturated heterocycles. The summed E-state index contributed by atoms with van der Waals surface area (Å²) in [6.07, 6.45) is -2.69. The minimum Gasteiger partial charge on any atom is -0.481 e. The van der Waals surface area contributed by atoms with Crippen molar-refractivity contribution < 1.29 is 48.9 Å². The second-order valence-corrected chi connectivity index (χ2v) is 6.32. The van der Waals surface area contributed by atoms with Crippen LogP contribution >= 0.6 is 0 Å². The van der Waals surface area contributed by atoms with Gasteiger partial charge in [-0.1, -0.05) is 0 Å². The van der Waals surface area contributed by atoms with E-state index >= 15 is 0 Å². The zero-order valence-corrected chi connectivity index (χ0v) is 16.3. The van der Waals surface area contributed by atoms with E-state index in [9.17, 15) is 33.6 Å². The maximum absolute atomic E-state index is 12.5. The summed E-state index contributed by atoms with van der Waals surface area (Å²) in [5, 5.41) is 32.8. The molecule has 0 radical (unpaired) electrons. The summed E-state index contributed by atoms with van der Waals surface area (Å²) in [6.45, 7) is -0.508. The summed E-state index contributed by atoms with van der Waals surface area (Å²) in [5.41, 5.74) is 10.2. The number of hydrogen-bond acceptors (Lipinski definition) is 8. The molecule has 3 atom stereocenters. The van der Waals surface area contributed by atoms with E-state index in [1.165, 1.54) is 0 Å². The van der Waals surface area contributed by atoms with Gasteiger partial charge in [0.25, 0.3) is 0 Å². The maximum Gasteiger partial charge on any atom is 0.326 e. The molecular weight excluding hydrogens is 422 g/mol. The lowest BCUT2D eigenvalue weighted by Crippen LogP contribution is -2.57. The molecule has 0 aliphatic heterocycles. The average molecular weight is 447 g/mol. The van der Waals surface area contributed by atoms with Crippen molar-refractivity contribution in [2.45, 2.75) is 50.2 Å². The molecule has 0 bridgehead atoms. The van der Waals surface area contributed by atoms with Crippen LogP contribution in [0, 0.1) is 0 Å². The molecular formula is C16H25N5O10. The van der Waals surface area contributed by atoms with E-state index in [0.717, 1.165) is 0 Å². The van der Waals surface area contributed by atoms with E-state index < -0.39 is 91.9 Å². The molecule has 4 amide bonds. The van der Waals surface area contributed by atoms with Crippen LogP contribution in [-0.2, 0) is 33.6 Å². The van der Waals surface area contributed by atoms with Gasteiger partial charge in [0.05, 0.1) is 13.0 Å². The zero-order valence-electron chi connectivity index (χ0n) is 16.3. The van der Waals surface area contributed by atoms with Gasteiger partial charge < -0.3 is 42.7 Å². The van der Waals surface area contributed by atoms with E-state index in [-0.39, 0.29) is 6.42 Å². The van der Waals surface area contributed by atoms with Gasteiger partial charge in [0.15, 0.2) is 0 Å². The van der Waals surface area contributed by atoms with Crippen LogP contribution < -0.4 is 27.4 Å². The van der Waals surface area contributed by atoms with Crippen molar-refractivity contribution in [2.75, 3.05) is 6.54 Å². The molecule has 10 N–H and O–H groups in total. The number of carbonyl (C=O) groups is 7. The predicted molar refractivity (Wildman–Crippen MR) is 100 cm³/mol. The molecule has 0 rings (SSSR count). The van der Waals surface area contributed by atoms with Crippen molar-refractivity contribution >= 4 is 41.5 Å². The van der Waals surface area contributed by atoms with E-state index in [1.54, 1.807) is 0 Å². The van der Waals surface area contributed by atoms with Gasteiger partial charge in [-0.15, -0.1) is 0 Å². The van der Waals surface area contributed by atoms with Gasteiger partial charge in [0.1, 0.15) is 18.1 Å². The Labute approximate surface area is 175 Å². The summed E-state index contributed by atoms with van der Waals surface area (Å²) < 4.78 is 0. The molecule has 0 saturated carbocycles. The minimum atomic E-state index is -1.67. The Morgan fingerprint density at radius 3 is 1.58 bits per heavy atom. The Kier molecular flexibility index (Phi) is 11.8. The number of carboxylic acids is 3. The SMILES string of the molecule is NCC(=O)NC(CCC(=O)O)C(=O)NC(CC(N)=O)C(=O)NC(CCC(=O)O)C(=O)O. The average Bonchev–Trinajstić information content (AvgIpc) is 2.66. The van der Waals surface area contributed by atoms with Crippen molar-refractivity contribution in [3.8, 4) is 0 Å². The molecule has 31 heavy (non-hydrogen) atoms. The Morgan fingerprint density at radius 2 is 1.16 bits per heavy atom. The van der Waals surface area contributed by atoms with E-state index in [2.05, 4.69) is 10.6 Å². The molecule has 0 aromatic rings. The molecule has 3 unspecified atom stereocenters. The van der Waals surface area contributed by atoms with Gasteiger partial charge in [-0.2, -0.15) is 0 Å². The lowest BCUT2D eigenvalue weighted by Gasteiger charge is -2.23. The third-order valence-corrected chi connectivity index (χ3v) is 3.78. The zero-order chi connectivity index (χ0) is 24.1. The number of nitrogens with one attached hydrogen (secondary N) is 3. The monoisotopic (exact) mass is 447 g/mol. The Hall–Kier alpha value is -3.75. The number of hydrogen-bond donors (Lipinski definition) is 8. The highest BCUT2D eigenvalue weighted by Gasteiger charge is 2.30. The summed E-state index contributed by atoms with van der Waals surface area (Å²) in [7, 11) is 0. The first-order chi connectivity index (χ1) is 14.4. The summed E-state index contributed by atoms with van der Waals surface area (Å²) in [5.74, 6) is -8.14. The number of carboxylic acid groups (broad SMARTS) is 3. The summed E-state index contributed by atoms with van der Waals surface area (Å²) in [4.78, 5) is 80.2. The van der Waals surface area contributed by atoms with E-state index in [0.29, 0.717) is 0 Å². The van der Waals surface area contributed by atoms with Crippen molar-refractivity contribution in [2.24, 2.45) is 11.5 Å². The largest absolute Gasteiger partial charge is 0.481 e. The first kappa shape index (κ1) is 27.2. The number of primary amides is 1. The number of aliphatic carboxylic acids is 3. The van der Waals surface area contributed by atoms with Crippen LogP contribution in [0.25, 0.3) is 0 Å². The fourth-order valence-corrected chi connectivity index (χ4v) is 2.27. The van der Waals surface area contributed by atoms with Crippen molar-refractivity contribution in [3.63, 3.8) is 0 Å². The van der Waals surface area contributed by atoms with Gasteiger partial charge in [0.2, 0.25) is 23.6 Å². The lowest BCUT2D eigenvalue weighted by atomic mass is 10.1. The van der Waals surface area contributed by atoms with Crippen LogP contribution in [0.2, 0.25) is 0 Å². The maximum atomic E-state index is 12.5. The van der Waals surface area contributed by atoms with Crippen LogP contribution in [0.5, 0.6) is 0 Å². The van der Waals surface area contributed by atoms with E-state index in [4.69, 9.17) is 26.8 Å². The normalized spacial score (nSPS) is 13.2. The van der Waals surface area contributed by atoms with Gasteiger partial charge in [-0.25, -0.2) is 4.79 Å². The standard InChI is InChI=1S/C16H25N5O10/c17-6-11(23)19-7(1-3-12(24)25)14(28)21-9(5-10(18)22)15(29)20-8(16(30)31)2-4-13(26)27/h7-9H,1-6,17H2,(H2,18,22)(H,19,23)(H,20,29)(H,21,28)(H,24,25)(H,26,27)(H,30,31). The molecule has 0 aromatic heterocycles. The van der Waals surface area contributed by atoms with Gasteiger partial charge >= 0.3 is 17.9 Å². The fourth-order valence-electron chi connectivity index (χ4n) is 2.27. The topological polar surface area (TPSA) is 268 Å². The smallest absolute Gasteiger partial charge is 0.326 e. The van der Waals surface area contributed by atoms with Crippen molar-refractivity contribution in [3.05, 3.63) is 0 Å². The third kappa shape index (κ3) is 11.7. The minimum absolute atomic E-state index is 0.367. The van der Waals surface area contributed by atoms with E-state index in [1.807, 2.05) is 5.32 Å². The lowest BCUT2D eigenvalue weighted by molar-refractivity contribution is -0.143. The Balaban J connectivity index is 5.41. The highest BCUT2D eigenvalue weighted by Crippen LogP contribution is 2.03. The van der Waals surface area contributed by atoms with Crippen LogP contribution in [0.1, 0.15) is 32.1 Å². The van der Waals surface area contributed by atoms with Crippen molar-refractivity contribution in [1.82, 2.24) is 16.0 Å². The molecule has 15 heteroatoms. The number of amides is 4. The molecule has 0 fully saturated rings. The van der Waals surface area contributed by atoms with Gasteiger partial charge in [-0.05, 0) is 12.8 Å². The van der Waals surface area contributed by atoms with Gasteiger partial charge in [-0.3, -0.25) is 28.8 Å². The molecule has 15 nitrogen and oxygen atoms in total. The number of carbonyl (C=O) groups excluding carboxylic acids is 4. The molecule has 0 aliphatic carbocycles. The van der Waals surface area contributed by atoms with Crippen molar-refractivity contribution in [1.29, 1.82) is 0 Å². The van der Waals surface area contributed by atoms with Crippen LogP contribution in [0.3, 0.4) is 0 Å². The van der Waals surface area contributed by atoms with Crippen LogP contribution in [-0.4, -0.2) is 81.5 Å². The first-order valence-electron chi connectivity index (χ1n) is 8.92. The van der Waals surface area contributed by atoms with Crippen LogP contribution in [0.15, 0.2) is 0 Å². The molecule has 0 spiro atoms. The highest BCUT2D eigenvalue weighted by molar-refractivity contribution is 5.96. The molecule has 0 aromatic carbocycles. The molecule has 0 aliphatic rings. The summed E-state index contributed by atoms with van der Waals surface area (Å²) >= 11 is 0. The highest BCUT2D eigenvalue weighted by atomic mass is 16.4. The second-order valence-electron chi connectivity index (χ2n) is 6.32. The molecule has 174 valence electrons. The van der Waals surface area contributed by atoms with Gasteiger partial charge in [0, 0.05) is 12.8 Å². The van der Waals surface area contributed by atoms with Crippen LogP contribution in [0.4, 0.5) is 0 Å². The first-order valence-corrected chi connectivity index (χ1v) is 8.92. The predicted octanol–water partition coefficient (Wildman–Crippen LogP) is -3.91. The fraction of sp³-hybridized carbons (Fsp3) is 0.562. The number of rotatable bonds is 15. The third-order valence-electron chi connectivity index (χ3n) is 3.78. The number of nitrogens with two attached hydrogens (primary N) is 2. The quantitative estimate of drug-likeness (QED) is 0.120. The Morgan fingerprint density at radius 1 is 0.710 bits per heavy atom. The molecule has 0 heterocycles. The second kappa shape index (κ2) is 13.5. The summed E-state index contributed by atoms with van der Waals surface area (Å²) in [6, 6.07) is -4.72. The Bertz CT molecular complexity index is 726.